The molecular formula is C14H27N3O2S. The lowest BCUT2D eigenvalue weighted by Gasteiger charge is -2.32. The van der Waals surface area contributed by atoms with E-state index in [2.05, 4.69) is 17.0 Å². The molecule has 0 spiro atoms. The van der Waals surface area contributed by atoms with Gasteiger partial charge in [-0.3, -0.25) is 0 Å². The quantitative estimate of drug-likeness (QED) is 0.740. The van der Waals surface area contributed by atoms with Gasteiger partial charge in [0.05, 0.1) is 0 Å². The summed E-state index contributed by atoms with van der Waals surface area (Å²) >= 11 is 0. The van der Waals surface area contributed by atoms with Crippen LogP contribution < -0.4 is 10.0 Å². The summed E-state index contributed by atoms with van der Waals surface area (Å²) in [5.41, 5.74) is 0.218. The van der Waals surface area contributed by atoms with Crippen molar-refractivity contribution in [2.45, 2.75) is 51.5 Å². The summed E-state index contributed by atoms with van der Waals surface area (Å²) in [5, 5.41) is 3.52. The first-order chi connectivity index (χ1) is 9.47. The number of nitrogens with one attached hydrogen (secondary N) is 2. The second kappa shape index (κ2) is 5.55. The molecule has 3 fully saturated rings. The van der Waals surface area contributed by atoms with Gasteiger partial charge in [0.15, 0.2) is 0 Å². The minimum atomic E-state index is -3.28. The smallest absolute Gasteiger partial charge is 0.279 e. The van der Waals surface area contributed by atoms with Gasteiger partial charge in [-0.25, -0.2) is 4.72 Å². The monoisotopic (exact) mass is 301 g/mol. The number of piperidine rings is 1. The summed E-state index contributed by atoms with van der Waals surface area (Å²) in [7, 11) is -3.28. The van der Waals surface area contributed by atoms with Crippen molar-refractivity contribution in [2.24, 2.45) is 11.3 Å². The number of hydrogen-bond acceptors (Lipinski definition) is 3. The third kappa shape index (κ3) is 3.93. The van der Waals surface area contributed by atoms with Crippen LogP contribution in [0, 0.1) is 11.3 Å². The molecule has 20 heavy (non-hydrogen) atoms. The Morgan fingerprint density at radius 2 is 2.00 bits per heavy atom. The molecule has 6 heteroatoms. The van der Waals surface area contributed by atoms with Crippen molar-refractivity contribution in [1.82, 2.24) is 14.3 Å². The van der Waals surface area contributed by atoms with Crippen molar-refractivity contribution < 1.29 is 8.42 Å². The van der Waals surface area contributed by atoms with E-state index in [-0.39, 0.29) is 5.41 Å². The number of nitrogens with zero attached hydrogens (tertiary/aromatic N) is 1. The van der Waals surface area contributed by atoms with Crippen molar-refractivity contribution in [3.05, 3.63) is 0 Å². The van der Waals surface area contributed by atoms with Gasteiger partial charge < -0.3 is 5.32 Å². The van der Waals surface area contributed by atoms with Crippen molar-refractivity contribution in [2.75, 3.05) is 26.2 Å². The molecule has 1 atom stereocenters. The summed E-state index contributed by atoms with van der Waals surface area (Å²) in [6.45, 7) is 5.05. The molecule has 3 rings (SSSR count). The average Bonchev–Trinajstić information content (AvgIpc) is 3.33. The predicted molar refractivity (Wildman–Crippen MR) is 79.6 cm³/mol. The second-order valence-electron chi connectivity index (χ2n) is 7.19. The van der Waals surface area contributed by atoms with Gasteiger partial charge >= 0.3 is 0 Å². The molecule has 0 aromatic carbocycles. The maximum absolute atomic E-state index is 12.4. The van der Waals surface area contributed by atoms with E-state index < -0.39 is 10.2 Å². The summed E-state index contributed by atoms with van der Waals surface area (Å²) in [5.74, 6) is 0.470. The Bertz CT molecular complexity index is 443. The van der Waals surface area contributed by atoms with Crippen LogP contribution in [0.2, 0.25) is 0 Å². The van der Waals surface area contributed by atoms with E-state index in [1.807, 2.05) is 0 Å². The predicted octanol–water partition coefficient (Wildman–Crippen LogP) is 1.08. The van der Waals surface area contributed by atoms with Crippen molar-refractivity contribution in [3.63, 3.8) is 0 Å². The van der Waals surface area contributed by atoms with Gasteiger partial charge in [-0.2, -0.15) is 12.7 Å². The third-order valence-corrected chi connectivity index (χ3v) is 6.40. The zero-order valence-electron chi connectivity index (χ0n) is 12.4. The van der Waals surface area contributed by atoms with Crippen LogP contribution in [-0.2, 0) is 10.2 Å². The lowest BCUT2D eigenvalue weighted by Crippen LogP contribution is -2.48. The molecule has 0 aromatic heterocycles. The maximum Gasteiger partial charge on any atom is 0.279 e. The molecule has 1 unspecified atom stereocenters. The molecule has 5 nitrogen and oxygen atoms in total. The zero-order chi connectivity index (χ0) is 14.2. The minimum Gasteiger partial charge on any atom is -0.314 e. The van der Waals surface area contributed by atoms with Crippen LogP contribution in [0.25, 0.3) is 0 Å². The molecule has 116 valence electrons. The fourth-order valence-electron chi connectivity index (χ4n) is 2.78. The molecule has 0 amide bonds. The standard InChI is InChI=1S/C14H27N3O2S/c1-14(6-7-14)11-16-20(18,19)17-8-2-3-12(10-17)9-15-13-4-5-13/h12-13,15-16H,2-11H2,1H3. The molecule has 1 heterocycles. The maximum atomic E-state index is 12.4. The lowest BCUT2D eigenvalue weighted by atomic mass is 10.00. The molecule has 0 radical (unpaired) electrons. The van der Waals surface area contributed by atoms with E-state index >= 15 is 0 Å². The van der Waals surface area contributed by atoms with Crippen LogP contribution >= 0.6 is 0 Å². The summed E-state index contributed by atoms with van der Waals surface area (Å²) in [6, 6.07) is 0.704. The van der Waals surface area contributed by atoms with Gasteiger partial charge in [-0.1, -0.05) is 6.92 Å². The molecule has 1 saturated heterocycles. The van der Waals surface area contributed by atoms with Crippen molar-refractivity contribution in [3.8, 4) is 0 Å². The van der Waals surface area contributed by atoms with Crippen LogP contribution in [0.1, 0.15) is 45.4 Å². The Kier molecular flexibility index (Phi) is 4.10. The van der Waals surface area contributed by atoms with Crippen LogP contribution in [0.5, 0.6) is 0 Å². The Morgan fingerprint density at radius 3 is 2.65 bits per heavy atom. The first-order valence-electron chi connectivity index (χ1n) is 7.95. The first-order valence-corrected chi connectivity index (χ1v) is 9.39. The van der Waals surface area contributed by atoms with Crippen LogP contribution in [-0.4, -0.2) is 44.9 Å². The van der Waals surface area contributed by atoms with Gasteiger partial charge in [0, 0.05) is 25.7 Å². The topological polar surface area (TPSA) is 61.4 Å². The van der Waals surface area contributed by atoms with Crippen LogP contribution in [0.15, 0.2) is 0 Å². The molecule has 1 aliphatic heterocycles. The van der Waals surface area contributed by atoms with E-state index in [1.54, 1.807) is 4.31 Å². The highest BCUT2D eigenvalue weighted by atomic mass is 32.2. The Labute approximate surface area is 122 Å². The van der Waals surface area contributed by atoms with Gasteiger partial charge in [0.1, 0.15) is 0 Å². The second-order valence-corrected chi connectivity index (χ2v) is 8.94. The number of rotatable bonds is 7. The SMILES string of the molecule is CC1(CNS(=O)(=O)N2CCCC(CNC3CC3)C2)CC1. The lowest BCUT2D eigenvalue weighted by molar-refractivity contribution is 0.256. The Morgan fingerprint density at radius 1 is 1.25 bits per heavy atom. The van der Waals surface area contributed by atoms with Gasteiger partial charge in [0.25, 0.3) is 10.2 Å². The van der Waals surface area contributed by atoms with E-state index in [1.165, 1.54) is 12.8 Å². The van der Waals surface area contributed by atoms with E-state index in [0.717, 1.165) is 32.2 Å². The molecule has 2 saturated carbocycles. The van der Waals surface area contributed by atoms with Crippen molar-refractivity contribution >= 4 is 10.2 Å². The van der Waals surface area contributed by atoms with Gasteiger partial charge in [-0.15, -0.1) is 0 Å². The Balaban J connectivity index is 1.48. The molecular weight excluding hydrogens is 274 g/mol. The number of hydrogen-bond donors (Lipinski definition) is 2. The summed E-state index contributed by atoms with van der Waals surface area (Å²) < 4.78 is 29.2. The largest absolute Gasteiger partial charge is 0.314 e. The zero-order valence-corrected chi connectivity index (χ0v) is 13.2. The van der Waals surface area contributed by atoms with Crippen LogP contribution in [0.4, 0.5) is 0 Å². The fourth-order valence-corrected chi connectivity index (χ4v) is 4.27. The first kappa shape index (κ1) is 14.8. The molecule has 2 N–H and O–H groups in total. The third-order valence-electron chi connectivity index (χ3n) is 4.88. The molecule has 0 bridgehead atoms. The highest BCUT2D eigenvalue weighted by molar-refractivity contribution is 7.87. The highest BCUT2D eigenvalue weighted by Gasteiger charge is 2.39. The minimum absolute atomic E-state index is 0.218. The molecule has 2 aliphatic carbocycles. The highest BCUT2D eigenvalue weighted by Crippen LogP contribution is 2.44. The summed E-state index contributed by atoms with van der Waals surface area (Å²) in [4.78, 5) is 0. The molecule has 3 aliphatic rings. The van der Waals surface area contributed by atoms with Gasteiger partial charge in [0.2, 0.25) is 0 Å². The Hall–Kier alpha value is -0.170. The normalized spacial score (nSPS) is 30.4. The van der Waals surface area contributed by atoms with E-state index in [0.29, 0.717) is 31.6 Å². The fraction of sp³-hybridized carbons (Fsp3) is 1.00. The van der Waals surface area contributed by atoms with Crippen LogP contribution in [0.3, 0.4) is 0 Å². The average molecular weight is 301 g/mol. The van der Waals surface area contributed by atoms with E-state index in [9.17, 15) is 8.42 Å². The summed E-state index contributed by atoms with van der Waals surface area (Å²) in [6.07, 6.45) is 6.98. The van der Waals surface area contributed by atoms with Gasteiger partial charge in [-0.05, 0) is 56.4 Å². The van der Waals surface area contributed by atoms with E-state index in [4.69, 9.17) is 0 Å². The van der Waals surface area contributed by atoms with Crippen molar-refractivity contribution in [1.29, 1.82) is 0 Å². The molecule has 0 aromatic rings.